The molecule has 0 spiro atoms. The molecular weight excluding hydrogens is 430 g/mol. The minimum atomic E-state index is -0.286. The van der Waals surface area contributed by atoms with Gasteiger partial charge in [-0.3, -0.25) is 10.2 Å². The Balaban J connectivity index is 1.41. The van der Waals surface area contributed by atoms with Crippen LogP contribution in [0.5, 0.6) is 0 Å². The molecule has 2 aromatic carbocycles. The predicted octanol–water partition coefficient (Wildman–Crippen LogP) is 3.67. The van der Waals surface area contributed by atoms with Crippen molar-refractivity contribution in [1.82, 2.24) is 14.3 Å². The van der Waals surface area contributed by atoms with Gasteiger partial charge in [0.1, 0.15) is 17.8 Å². The number of amidine groups is 1. The lowest BCUT2D eigenvalue weighted by atomic mass is 9.89. The molecular formula is C26H31N5O3. The van der Waals surface area contributed by atoms with E-state index < -0.39 is 0 Å². The summed E-state index contributed by atoms with van der Waals surface area (Å²) in [5.74, 6) is 1.10. The molecule has 34 heavy (non-hydrogen) atoms. The molecule has 178 valence electrons. The monoisotopic (exact) mass is 461 g/mol. The number of nitrogens with two attached hydrogens (primary N) is 1. The van der Waals surface area contributed by atoms with Gasteiger partial charge in [0.25, 0.3) is 0 Å². The van der Waals surface area contributed by atoms with E-state index in [4.69, 9.17) is 15.9 Å². The van der Waals surface area contributed by atoms with Crippen LogP contribution in [0.4, 0.5) is 0 Å². The van der Waals surface area contributed by atoms with E-state index in [9.17, 15) is 9.59 Å². The number of nitrogens with one attached hydrogen (secondary N) is 1. The van der Waals surface area contributed by atoms with Gasteiger partial charge in [-0.2, -0.15) is 4.68 Å². The lowest BCUT2D eigenvalue weighted by Gasteiger charge is -2.26. The van der Waals surface area contributed by atoms with Crippen LogP contribution in [-0.4, -0.2) is 32.3 Å². The van der Waals surface area contributed by atoms with Crippen LogP contribution in [0, 0.1) is 18.3 Å². The Bertz CT molecular complexity index is 1220. The molecule has 8 nitrogen and oxygen atoms in total. The van der Waals surface area contributed by atoms with E-state index in [1.165, 1.54) is 4.68 Å². The largest absolute Gasteiger partial charge is 0.462 e. The zero-order valence-electron chi connectivity index (χ0n) is 19.7. The normalized spacial score (nSPS) is 17.9. The van der Waals surface area contributed by atoms with Gasteiger partial charge in [-0.25, -0.2) is 9.36 Å². The minimum absolute atomic E-state index is 0.0300. The first-order valence-electron chi connectivity index (χ1n) is 11.7. The molecule has 0 radical (unpaired) electrons. The van der Waals surface area contributed by atoms with Crippen molar-refractivity contribution in [1.29, 1.82) is 5.41 Å². The number of hydrogen-bond acceptors (Lipinski definition) is 5. The number of hydrogen-bond donors (Lipinski definition) is 2. The molecule has 3 N–H and O–H groups in total. The van der Waals surface area contributed by atoms with Gasteiger partial charge in [-0.15, -0.1) is 5.10 Å². The zero-order chi connectivity index (χ0) is 24.2. The second-order valence-electron chi connectivity index (χ2n) is 9.08. The molecule has 0 aliphatic heterocycles. The van der Waals surface area contributed by atoms with Crippen LogP contribution in [0.3, 0.4) is 0 Å². The van der Waals surface area contributed by atoms with Crippen molar-refractivity contribution < 1.29 is 9.53 Å². The Morgan fingerprint density at radius 3 is 2.29 bits per heavy atom. The number of esters is 1. The predicted molar refractivity (Wildman–Crippen MR) is 131 cm³/mol. The highest BCUT2D eigenvalue weighted by Crippen LogP contribution is 2.26. The number of aromatic nitrogens is 3. The van der Waals surface area contributed by atoms with Gasteiger partial charge in [0.05, 0.1) is 11.4 Å². The van der Waals surface area contributed by atoms with E-state index in [1.54, 1.807) is 35.8 Å². The maximum atomic E-state index is 13.1. The second kappa shape index (κ2) is 10.1. The summed E-state index contributed by atoms with van der Waals surface area (Å²) >= 11 is 0. The maximum absolute atomic E-state index is 13.1. The van der Waals surface area contributed by atoms with Gasteiger partial charge in [-0.05, 0) is 86.9 Å². The van der Waals surface area contributed by atoms with Crippen molar-refractivity contribution in [3.8, 4) is 11.4 Å². The minimum Gasteiger partial charge on any atom is -0.462 e. The Morgan fingerprint density at radius 2 is 1.68 bits per heavy atom. The van der Waals surface area contributed by atoms with Gasteiger partial charge in [0.15, 0.2) is 0 Å². The van der Waals surface area contributed by atoms with Crippen molar-refractivity contribution >= 4 is 11.8 Å². The van der Waals surface area contributed by atoms with Crippen LogP contribution in [0.25, 0.3) is 11.4 Å². The molecule has 1 aliphatic carbocycles. The molecule has 0 bridgehead atoms. The number of nitrogens with zero attached hydrogens (tertiary/aromatic N) is 3. The fourth-order valence-electron chi connectivity index (χ4n) is 4.36. The van der Waals surface area contributed by atoms with Crippen molar-refractivity contribution in [2.24, 2.45) is 11.7 Å². The molecule has 1 heterocycles. The van der Waals surface area contributed by atoms with Crippen molar-refractivity contribution in [3.63, 3.8) is 0 Å². The number of nitrogen functional groups attached to an aromatic ring is 1. The maximum Gasteiger partial charge on any atom is 0.355 e. The fourth-order valence-corrected chi connectivity index (χ4v) is 4.36. The number of carbonyl (C=O) groups is 1. The van der Waals surface area contributed by atoms with Crippen LogP contribution in [0.1, 0.15) is 56.0 Å². The van der Waals surface area contributed by atoms with Crippen molar-refractivity contribution in [2.45, 2.75) is 58.5 Å². The quantitative estimate of drug-likeness (QED) is 0.316. The topological polar surface area (TPSA) is 116 Å². The first-order chi connectivity index (χ1) is 16.3. The SMILES string of the molecule is Cc1nn(-c2ccc(C(=N)N)cc2)c(=O)n1-c1ccc(CCC(=O)OC2CCC(C)CC2)cc1. The molecule has 4 rings (SSSR count). The summed E-state index contributed by atoms with van der Waals surface area (Å²) in [7, 11) is 0. The molecule has 3 aromatic rings. The third kappa shape index (κ3) is 5.27. The van der Waals surface area contributed by atoms with Gasteiger partial charge in [0.2, 0.25) is 0 Å². The first kappa shape index (κ1) is 23.5. The lowest BCUT2D eigenvalue weighted by Crippen LogP contribution is -2.23. The summed E-state index contributed by atoms with van der Waals surface area (Å²) < 4.78 is 8.51. The van der Waals surface area contributed by atoms with Crippen LogP contribution in [0.15, 0.2) is 53.3 Å². The highest BCUT2D eigenvalue weighted by molar-refractivity contribution is 5.95. The van der Waals surface area contributed by atoms with Crippen LogP contribution < -0.4 is 11.4 Å². The smallest absolute Gasteiger partial charge is 0.355 e. The van der Waals surface area contributed by atoms with E-state index in [1.807, 2.05) is 24.3 Å². The fraction of sp³-hybridized carbons (Fsp3) is 0.385. The second-order valence-corrected chi connectivity index (χ2v) is 9.08. The molecule has 0 saturated heterocycles. The summed E-state index contributed by atoms with van der Waals surface area (Å²) in [4.78, 5) is 25.3. The Labute approximate surface area is 198 Å². The molecule has 1 fully saturated rings. The third-order valence-electron chi connectivity index (χ3n) is 6.44. The Hall–Kier alpha value is -3.68. The van der Waals surface area contributed by atoms with Crippen molar-refractivity contribution in [2.75, 3.05) is 0 Å². The molecule has 1 aromatic heterocycles. The van der Waals surface area contributed by atoms with Gasteiger partial charge in [-0.1, -0.05) is 19.1 Å². The van der Waals surface area contributed by atoms with Gasteiger partial charge >= 0.3 is 11.7 Å². The Morgan fingerprint density at radius 1 is 1.06 bits per heavy atom. The zero-order valence-corrected chi connectivity index (χ0v) is 19.7. The van der Waals surface area contributed by atoms with Crippen LogP contribution >= 0.6 is 0 Å². The molecule has 8 heteroatoms. The van der Waals surface area contributed by atoms with Crippen molar-refractivity contribution in [3.05, 3.63) is 76.0 Å². The van der Waals surface area contributed by atoms with Crippen LogP contribution in [0.2, 0.25) is 0 Å². The highest BCUT2D eigenvalue weighted by Gasteiger charge is 2.21. The van der Waals surface area contributed by atoms with E-state index in [-0.39, 0.29) is 23.6 Å². The number of aryl methyl sites for hydroxylation is 2. The van der Waals surface area contributed by atoms with E-state index >= 15 is 0 Å². The van der Waals surface area contributed by atoms with Gasteiger partial charge in [0, 0.05) is 12.0 Å². The molecule has 0 amide bonds. The number of carbonyl (C=O) groups excluding carboxylic acids is 1. The average molecular weight is 462 g/mol. The lowest BCUT2D eigenvalue weighted by molar-refractivity contribution is -0.150. The number of ether oxygens (including phenoxy) is 1. The number of benzene rings is 2. The summed E-state index contributed by atoms with van der Waals surface area (Å²) in [6.07, 6.45) is 5.18. The number of rotatable bonds is 7. The first-order valence-corrected chi connectivity index (χ1v) is 11.7. The summed E-state index contributed by atoms with van der Waals surface area (Å²) in [6, 6.07) is 14.4. The summed E-state index contributed by atoms with van der Waals surface area (Å²) in [5, 5.41) is 11.9. The van der Waals surface area contributed by atoms with E-state index in [2.05, 4.69) is 12.0 Å². The standard InChI is InChI=1S/C26H31N5O3/c1-17-3-14-23(15-4-17)34-24(32)16-7-19-5-10-21(11-6-19)30-18(2)29-31(26(30)33)22-12-8-20(9-13-22)25(27)28/h5-6,8-13,17,23H,3-4,7,14-16H2,1-2H3,(H3,27,28). The third-order valence-corrected chi connectivity index (χ3v) is 6.44. The highest BCUT2D eigenvalue weighted by atomic mass is 16.5. The molecule has 1 aliphatic rings. The summed E-state index contributed by atoms with van der Waals surface area (Å²) in [5.41, 5.74) is 8.11. The van der Waals surface area contributed by atoms with E-state index in [0.717, 1.165) is 37.2 Å². The molecule has 0 unspecified atom stereocenters. The van der Waals surface area contributed by atoms with Crippen LogP contribution in [-0.2, 0) is 16.0 Å². The molecule has 1 saturated carbocycles. The van der Waals surface area contributed by atoms with E-state index in [0.29, 0.717) is 35.6 Å². The van der Waals surface area contributed by atoms with Gasteiger partial charge < -0.3 is 10.5 Å². The molecule has 0 atom stereocenters. The summed E-state index contributed by atoms with van der Waals surface area (Å²) in [6.45, 7) is 4.02. The average Bonchev–Trinajstić information content (AvgIpc) is 3.13. The Kier molecular flexibility index (Phi) is 6.95.